The van der Waals surface area contributed by atoms with E-state index in [2.05, 4.69) is 23.6 Å². The van der Waals surface area contributed by atoms with Gasteiger partial charge in [0.15, 0.2) is 6.29 Å². The summed E-state index contributed by atoms with van der Waals surface area (Å²) in [6, 6.07) is 19.0. The zero-order chi connectivity index (χ0) is 30.3. The third-order valence-electron chi connectivity index (χ3n) is 6.77. The van der Waals surface area contributed by atoms with Crippen molar-refractivity contribution >= 4 is 33.6 Å². The standard InChI is InChI=1S/C32H37N3O5S2/c1-5-6-8-13-29(37)34-42(38,39)32-27(19-26(41-32)18-22(2)3)24-16-14-23(15-17-24)20-35-28(21-36)31(40-4)33-30(35)25-11-9-7-10-12-25/h7,9-12,14-17,19,21-22H,5-6,8,13,18,20H2,1-4H3,(H,34,37). The largest absolute Gasteiger partial charge is 0.479 e. The van der Waals surface area contributed by atoms with Gasteiger partial charge in [-0.05, 0) is 36.0 Å². The minimum absolute atomic E-state index is 0.142. The van der Waals surface area contributed by atoms with E-state index < -0.39 is 15.9 Å². The van der Waals surface area contributed by atoms with Crippen molar-refractivity contribution in [3.05, 3.63) is 76.8 Å². The molecule has 0 unspecified atom stereocenters. The number of methoxy groups -OCH3 is 1. The number of nitrogens with zero attached hydrogens (tertiary/aromatic N) is 2. The van der Waals surface area contributed by atoms with Crippen molar-refractivity contribution in [3.8, 4) is 28.4 Å². The highest BCUT2D eigenvalue weighted by molar-refractivity contribution is 7.92. The first-order valence-corrected chi connectivity index (χ1v) is 16.4. The smallest absolute Gasteiger partial charge is 0.274 e. The van der Waals surface area contributed by atoms with E-state index in [-0.39, 0.29) is 16.5 Å². The molecule has 0 aliphatic rings. The molecule has 0 atom stereocenters. The van der Waals surface area contributed by atoms with E-state index in [1.807, 2.05) is 72.2 Å². The van der Waals surface area contributed by atoms with E-state index in [0.29, 0.717) is 36.0 Å². The molecule has 2 aromatic heterocycles. The van der Waals surface area contributed by atoms with Crippen LogP contribution in [0.25, 0.3) is 22.5 Å². The number of imidazole rings is 1. The van der Waals surface area contributed by atoms with Crippen LogP contribution in [0, 0.1) is 5.92 Å². The molecule has 0 fully saturated rings. The number of benzene rings is 2. The van der Waals surface area contributed by atoms with Gasteiger partial charge in [0.1, 0.15) is 15.7 Å². The van der Waals surface area contributed by atoms with Gasteiger partial charge in [0.2, 0.25) is 11.8 Å². The molecule has 0 spiro atoms. The SMILES string of the molecule is CCCCCC(=O)NS(=O)(=O)c1sc(CC(C)C)cc1-c1ccc(Cn2c(-c3ccccc3)nc(OC)c2C=O)cc1. The molecule has 0 aliphatic heterocycles. The molecule has 10 heteroatoms. The van der Waals surface area contributed by atoms with Crippen LogP contribution in [0.1, 0.15) is 67.4 Å². The number of aldehydes is 1. The fourth-order valence-electron chi connectivity index (χ4n) is 4.76. The summed E-state index contributed by atoms with van der Waals surface area (Å²) in [5, 5.41) is 0. The molecule has 2 heterocycles. The Hall–Kier alpha value is -3.76. The van der Waals surface area contributed by atoms with Crippen molar-refractivity contribution in [2.75, 3.05) is 7.11 Å². The average Bonchev–Trinajstić information content (AvgIpc) is 3.55. The van der Waals surface area contributed by atoms with Gasteiger partial charge in [-0.1, -0.05) is 88.2 Å². The highest BCUT2D eigenvalue weighted by Crippen LogP contribution is 2.37. The predicted octanol–water partition coefficient (Wildman–Crippen LogP) is 6.73. The lowest BCUT2D eigenvalue weighted by molar-refractivity contribution is -0.119. The van der Waals surface area contributed by atoms with Gasteiger partial charge in [0.05, 0.1) is 7.11 Å². The number of thiophene rings is 1. The first kappa shape index (κ1) is 31.2. The second kappa shape index (κ2) is 13.9. The van der Waals surface area contributed by atoms with Crippen molar-refractivity contribution < 1.29 is 22.7 Å². The number of hydrogen-bond acceptors (Lipinski definition) is 7. The lowest BCUT2D eigenvalue weighted by Gasteiger charge is -2.11. The van der Waals surface area contributed by atoms with Gasteiger partial charge in [-0.15, -0.1) is 11.3 Å². The molecule has 0 radical (unpaired) electrons. The number of hydrogen-bond donors (Lipinski definition) is 1. The Morgan fingerprint density at radius 2 is 1.79 bits per heavy atom. The lowest BCUT2D eigenvalue weighted by Crippen LogP contribution is -2.30. The number of nitrogens with one attached hydrogen (secondary N) is 1. The predicted molar refractivity (Wildman–Crippen MR) is 166 cm³/mol. The van der Waals surface area contributed by atoms with E-state index in [1.54, 1.807) is 0 Å². The summed E-state index contributed by atoms with van der Waals surface area (Å²) in [6.45, 7) is 6.56. The summed E-state index contributed by atoms with van der Waals surface area (Å²) in [5.41, 5.74) is 3.37. The summed E-state index contributed by atoms with van der Waals surface area (Å²) in [7, 11) is -2.56. The molecule has 8 nitrogen and oxygen atoms in total. The van der Waals surface area contributed by atoms with Crippen LogP contribution >= 0.6 is 11.3 Å². The number of unbranched alkanes of at least 4 members (excludes halogenated alkanes) is 2. The van der Waals surface area contributed by atoms with Crippen LogP contribution < -0.4 is 9.46 Å². The molecule has 0 saturated heterocycles. The fourth-order valence-corrected chi connectivity index (χ4v) is 7.72. The minimum Gasteiger partial charge on any atom is -0.479 e. The summed E-state index contributed by atoms with van der Waals surface area (Å²) in [5.74, 6) is 0.719. The van der Waals surface area contributed by atoms with Crippen molar-refractivity contribution in [1.29, 1.82) is 0 Å². The number of carbonyl (C=O) groups excluding carboxylic acids is 2. The molecule has 222 valence electrons. The number of carbonyl (C=O) groups is 2. The molecule has 2 aromatic carbocycles. The van der Waals surface area contributed by atoms with E-state index in [4.69, 9.17) is 4.74 Å². The topological polar surface area (TPSA) is 107 Å². The zero-order valence-corrected chi connectivity index (χ0v) is 26.1. The number of sulfonamides is 1. The normalized spacial score (nSPS) is 11.5. The van der Waals surface area contributed by atoms with Gasteiger partial charge in [-0.25, -0.2) is 13.1 Å². The highest BCUT2D eigenvalue weighted by Gasteiger charge is 2.26. The summed E-state index contributed by atoms with van der Waals surface area (Å²) in [6.07, 6.45) is 4.11. The van der Waals surface area contributed by atoms with Gasteiger partial charge in [-0.3, -0.25) is 9.59 Å². The first-order valence-electron chi connectivity index (χ1n) is 14.1. The fraction of sp³-hybridized carbons (Fsp3) is 0.344. The number of amides is 1. The number of aromatic nitrogens is 2. The second-order valence-corrected chi connectivity index (χ2v) is 13.6. The van der Waals surface area contributed by atoms with Gasteiger partial charge < -0.3 is 9.30 Å². The molecular weight excluding hydrogens is 571 g/mol. The maximum Gasteiger partial charge on any atom is 0.274 e. The van der Waals surface area contributed by atoms with Gasteiger partial charge in [-0.2, -0.15) is 4.98 Å². The molecule has 1 amide bonds. The molecule has 0 aliphatic carbocycles. The molecular formula is C32H37N3O5S2. The number of rotatable bonds is 14. The molecule has 42 heavy (non-hydrogen) atoms. The van der Waals surface area contributed by atoms with Gasteiger partial charge in [0.25, 0.3) is 10.0 Å². The van der Waals surface area contributed by atoms with Crippen molar-refractivity contribution in [3.63, 3.8) is 0 Å². The second-order valence-electron chi connectivity index (χ2n) is 10.6. The Bertz CT molecular complexity index is 1620. The highest BCUT2D eigenvalue weighted by atomic mass is 32.2. The van der Waals surface area contributed by atoms with Gasteiger partial charge >= 0.3 is 0 Å². The van der Waals surface area contributed by atoms with Crippen molar-refractivity contribution in [2.24, 2.45) is 5.92 Å². The maximum atomic E-state index is 13.4. The average molecular weight is 608 g/mol. The third-order valence-corrected chi connectivity index (χ3v) is 9.84. The van der Waals surface area contributed by atoms with Gasteiger partial charge in [0, 0.05) is 29.0 Å². The molecule has 0 saturated carbocycles. The zero-order valence-electron chi connectivity index (χ0n) is 24.4. The molecule has 4 rings (SSSR count). The summed E-state index contributed by atoms with van der Waals surface area (Å²) < 4.78 is 36.4. The molecule has 0 bridgehead atoms. The molecule has 1 N–H and O–H groups in total. The number of ether oxygens (including phenoxy) is 1. The minimum atomic E-state index is -4.04. The first-order chi connectivity index (χ1) is 20.2. The Kier molecular flexibility index (Phi) is 10.3. The van der Waals surface area contributed by atoms with Crippen LogP contribution in [0.15, 0.2) is 64.9 Å². The monoisotopic (exact) mass is 607 g/mol. The Labute approximate surface area is 251 Å². The Morgan fingerprint density at radius 3 is 2.40 bits per heavy atom. The van der Waals surface area contributed by atoms with Crippen molar-refractivity contribution in [1.82, 2.24) is 14.3 Å². The van der Waals surface area contributed by atoms with Crippen molar-refractivity contribution in [2.45, 2.75) is 63.6 Å². The van der Waals surface area contributed by atoms with Crippen LogP contribution in [0.3, 0.4) is 0 Å². The van der Waals surface area contributed by atoms with E-state index in [0.717, 1.165) is 47.1 Å². The summed E-state index contributed by atoms with van der Waals surface area (Å²) >= 11 is 1.21. The summed E-state index contributed by atoms with van der Waals surface area (Å²) in [4.78, 5) is 29.9. The van der Waals surface area contributed by atoms with E-state index in [9.17, 15) is 18.0 Å². The maximum absolute atomic E-state index is 13.4. The Morgan fingerprint density at radius 1 is 1.07 bits per heavy atom. The lowest BCUT2D eigenvalue weighted by atomic mass is 10.0. The van der Waals surface area contributed by atoms with Crippen LogP contribution in [-0.4, -0.2) is 37.3 Å². The quantitative estimate of drug-likeness (QED) is 0.126. The van der Waals surface area contributed by atoms with E-state index in [1.165, 1.54) is 18.4 Å². The Balaban J connectivity index is 1.66. The van der Waals surface area contributed by atoms with E-state index >= 15 is 0 Å². The molecule has 4 aromatic rings. The van der Waals surface area contributed by atoms with Crippen LogP contribution in [0.2, 0.25) is 0 Å². The van der Waals surface area contributed by atoms with Crippen LogP contribution in [0.5, 0.6) is 5.88 Å². The van der Waals surface area contributed by atoms with Crippen LogP contribution in [-0.2, 0) is 27.8 Å². The third kappa shape index (κ3) is 7.35. The van der Waals surface area contributed by atoms with Crippen LogP contribution in [0.4, 0.5) is 0 Å².